The van der Waals surface area contributed by atoms with Crippen molar-refractivity contribution in [1.82, 2.24) is 0 Å². The zero-order valence-corrected chi connectivity index (χ0v) is 19.1. The first-order valence-electron chi connectivity index (χ1n) is 10.00. The van der Waals surface area contributed by atoms with E-state index >= 15 is 0 Å². The average molecular weight is 466 g/mol. The Kier molecular flexibility index (Phi) is 6.12. The second kappa shape index (κ2) is 8.84. The number of hydrogen-bond donors (Lipinski definition) is 0. The van der Waals surface area contributed by atoms with Gasteiger partial charge in [-0.1, -0.05) is 47.5 Å². The summed E-state index contributed by atoms with van der Waals surface area (Å²) in [6.45, 7) is 9.72. The fourth-order valence-corrected chi connectivity index (χ4v) is 4.65. The van der Waals surface area contributed by atoms with Gasteiger partial charge >= 0.3 is 6.03 Å². The molecule has 0 unspecified atom stereocenters. The minimum Gasteiger partial charge on any atom is -0.382 e. The summed E-state index contributed by atoms with van der Waals surface area (Å²) in [6, 6.07) is 21.1. The molecule has 0 spiro atoms. The largest absolute Gasteiger partial charge is 0.382 e. The van der Waals surface area contributed by atoms with Gasteiger partial charge in [0.1, 0.15) is 0 Å². The Balaban J connectivity index is 1.95. The lowest BCUT2D eigenvalue weighted by Crippen LogP contribution is -2.49. The van der Waals surface area contributed by atoms with Gasteiger partial charge in [0, 0.05) is 28.5 Å². The van der Waals surface area contributed by atoms with E-state index in [4.69, 9.17) is 34.5 Å². The van der Waals surface area contributed by atoms with Crippen LogP contribution in [0.4, 0.5) is 21.9 Å². The van der Waals surface area contributed by atoms with E-state index in [9.17, 15) is 4.79 Å². The molecule has 7 heteroatoms. The van der Waals surface area contributed by atoms with Gasteiger partial charge in [-0.05, 0) is 61.0 Å². The molecule has 0 aromatic heterocycles. The van der Waals surface area contributed by atoms with Crippen LogP contribution >= 0.6 is 23.2 Å². The van der Waals surface area contributed by atoms with Crippen molar-refractivity contribution in [3.05, 3.63) is 99.8 Å². The lowest BCUT2D eigenvalue weighted by molar-refractivity contribution is 0.134. The van der Waals surface area contributed by atoms with Gasteiger partial charge in [-0.25, -0.2) is 9.64 Å². The fourth-order valence-electron chi connectivity index (χ4n) is 4.40. The van der Waals surface area contributed by atoms with Crippen LogP contribution in [0.5, 0.6) is 0 Å². The molecule has 3 aromatic carbocycles. The van der Waals surface area contributed by atoms with Crippen molar-refractivity contribution in [2.24, 2.45) is 0 Å². The monoisotopic (exact) mass is 465 g/mol. The van der Waals surface area contributed by atoms with Crippen LogP contribution < -0.4 is 9.80 Å². The van der Waals surface area contributed by atoms with Gasteiger partial charge in [0.2, 0.25) is 0 Å². The third kappa shape index (κ3) is 3.82. The summed E-state index contributed by atoms with van der Waals surface area (Å²) >= 11 is 12.2. The van der Waals surface area contributed by atoms with Crippen LogP contribution in [0.2, 0.25) is 10.0 Å². The highest BCUT2D eigenvalue weighted by atomic mass is 35.5. The van der Waals surface area contributed by atoms with Crippen LogP contribution in [0.3, 0.4) is 0 Å². The third-order valence-electron chi connectivity index (χ3n) is 5.70. The van der Waals surface area contributed by atoms with E-state index in [1.807, 2.05) is 49.4 Å². The number of ether oxygens (including phenoxy) is 1. The number of rotatable bonds is 5. The van der Waals surface area contributed by atoms with Crippen molar-refractivity contribution in [3.63, 3.8) is 0 Å². The number of amides is 2. The topological polar surface area (TPSA) is 37.1 Å². The Bertz CT molecular complexity index is 1180. The van der Waals surface area contributed by atoms with Crippen LogP contribution in [-0.2, 0) is 4.74 Å². The molecule has 0 bridgehead atoms. The molecule has 0 N–H and O–H groups in total. The molecule has 1 aliphatic heterocycles. The maximum atomic E-state index is 14.0. The highest BCUT2D eigenvalue weighted by Crippen LogP contribution is 2.48. The molecular weight excluding hydrogens is 445 g/mol. The number of benzene rings is 3. The molecule has 3 aromatic rings. The number of carbonyl (C=O) groups is 1. The molecule has 1 saturated heterocycles. The van der Waals surface area contributed by atoms with Crippen LogP contribution in [-0.4, -0.2) is 25.3 Å². The van der Waals surface area contributed by atoms with Crippen LogP contribution in [0.25, 0.3) is 4.85 Å². The average Bonchev–Trinajstić information content (AvgIpc) is 3.02. The van der Waals surface area contributed by atoms with E-state index in [1.165, 1.54) is 0 Å². The first-order valence-corrected chi connectivity index (χ1v) is 10.8. The maximum absolute atomic E-state index is 14.0. The van der Waals surface area contributed by atoms with Crippen molar-refractivity contribution in [2.75, 3.05) is 23.5 Å². The summed E-state index contributed by atoms with van der Waals surface area (Å²) in [5.74, 6) is 0. The zero-order valence-electron chi connectivity index (χ0n) is 17.6. The zero-order chi connectivity index (χ0) is 22.9. The number of carbonyl (C=O) groups excluding carboxylic acids is 1. The number of urea groups is 1. The predicted molar refractivity (Wildman–Crippen MR) is 129 cm³/mol. The summed E-state index contributed by atoms with van der Waals surface area (Å²) in [4.78, 5) is 21.0. The molecule has 1 fully saturated rings. The van der Waals surface area contributed by atoms with Gasteiger partial charge in [0.25, 0.3) is 0 Å². The molecule has 0 aliphatic carbocycles. The van der Waals surface area contributed by atoms with Crippen molar-refractivity contribution in [2.45, 2.75) is 18.5 Å². The van der Waals surface area contributed by atoms with Crippen LogP contribution in [0.15, 0.2) is 72.8 Å². The van der Waals surface area contributed by atoms with E-state index in [0.717, 1.165) is 5.56 Å². The Morgan fingerprint density at radius 3 is 2.16 bits per heavy atom. The Labute approximate surface area is 197 Å². The molecular formula is C25H21Cl2N3O2. The number of anilines is 2. The van der Waals surface area contributed by atoms with Gasteiger partial charge < -0.3 is 4.74 Å². The molecule has 1 aliphatic rings. The van der Waals surface area contributed by atoms with E-state index in [1.54, 1.807) is 47.2 Å². The first-order chi connectivity index (χ1) is 15.4. The van der Waals surface area contributed by atoms with Crippen molar-refractivity contribution in [3.8, 4) is 0 Å². The SMILES string of the molecule is [C-]#[N+]c1cccc([C@H]2N(c3ccc(Cl)cc3)C(=O)N(c3ccc(Cl)cc3)[C@@]2(C)COC)c1. The minimum absolute atomic E-state index is 0.201. The molecule has 2 atom stereocenters. The quantitative estimate of drug-likeness (QED) is 0.375. The first kappa shape index (κ1) is 22.2. The normalized spacial score (nSPS) is 20.5. The van der Waals surface area contributed by atoms with Gasteiger partial charge in [0.05, 0.1) is 24.8 Å². The van der Waals surface area contributed by atoms with Gasteiger partial charge in [-0.3, -0.25) is 9.80 Å². The van der Waals surface area contributed by atoms with Crippen molar-refractivity contribution in [1.29, 1.82) is 0 Å². The fraction of sp³-hybridized carbons (Fsp3) is 0.200. The molecule has 5 nitrogen and oxygen atoms in total. The molecule has 162 valence electrons. The van der Waals surface area contributed by atoms with Gasteiger partial charge in [-0.15, -0.1) is 0 Å². The summed E-state index contributed by atoms with van der Waals surface area (Å²) in [6.07, 6.45) is 0. The molecule has 0 radical (unpaired) electrons. The number of hydrogen-bond acceptors (Lipinski definition) is 2. The minimum atomic E-state index is -0.778. The Hall–Kier alpha value is -3.04. The predicted octanol–water partition coefficient (Wildman–Crippen LogP) is 7.14. The summed E-state index contributed by atoms with van der Waals surface area (Å²) < 4.78 is 5.64. The second-order valence-electron chi connectivity index (χ2n) is 7.84. The highest BCUT2D eigenvalue weighted by molar-refractivity contribution is 6.31. The molecule has 1 heterocycles. The highest BCUT2D eigenvalue weighted by Gasteiger charge is 2.56. The molecule has 0 saturated carbocycles. The maximum Gasteiger partial charge on any atom is 0.330 e. The Morgan fingerprint density at radius 2 is 1.59 bits per heavy atom. The molecule has 2 amide bonds. The van der Waals surface area contributed by atoms with E-state index in [0.29, 0.717) is 27.1 Å². The third-order valence-corrected chi connectivity index (χ3v) is 6.20. The van der Waals surface area contributed by atoms with Gasteiger partial charge in [0.15, 0.2) is 5.69 Å². The number of methoxy groups -OCH3 is 1. The Morgan fingerprint density at radius 1 is 1.00 bits per heavy atom. The van der Waals surface area contributed by atoms with E-state index in [-0.39, 0.29) is 12.6 Å². The summed E-state index contributed by atoms with van der Waals surface area (Å²) in [5.41, 5.74) is 1.99. The van der Waals surface area contributed by atoms with Crippen molar-refractivity contribution < 1.29 is 9.53 Å². The summed E-state index contributed by atoms with van der Waals surface area (Å²) in [7, 11) is 1.62. The second-order valence-corrected chi connectivity index (χ2v) is 8.71. The van der Waals surface area contributed by atoms with Crippen LogP contribution in [0.1, 0.15) is 18.5 Å². The van der Waals surface area contributed by atoms with Crippen LogP contribution in [0, 0.1) is 6.57 Å². The number of halogens is 2. The lowest BCUT2D eigenvalue weighted by atomic mass is 9.86. The van der Waals surface area contributed by atoms with Gasteiger partial charge in [-0.2, -0.15) is 0 Å². The van der Waals surface area contributed by atoms with Crippen molar-refractivity contribution >= 4 is 46.3 Å². The number of nitrogens with zero attached hydrogens (tertiary/aromatic N) is 3. The summed E-state index contributed by atoms with van der Waals surface area (Å²) in [5, 5.41) is 1.17. The van der Waals surface area contributed by atoms with E-state index < -0.39 is 11.6 Å². The van der Waals surface area contributed by atoms with E-state index in [2.05, 4.69) is 4.85 Å². The smallest absolute Gasteiger partial charge is 0.330 e. The molecule has 32 heavy (non-hydrogen) atoms. The standard InChI is InChI=1S/C25H21Cl2N3O2/c1-25(16-32-3)23(17-5-4-6-20(15-17)28-2)29(21-11-7-18(26)8-12-21)24(31)30(25)22-13-9-19(27)10-14-22/h4-15,23H,16H2,1,3H3/t23-,25+/m1/s1. The molecule has 4 rings (SSSR count). The lowest BCUT2D eigenvalue weighted by Gasteiger charge is -2.38.